The number of rotatable bonds is 4. The molecule has 6 nitrogen and oxygen atoms in total. The van der Waals surface area contributed by atoms with Crippen LogP contribution in [0.3, 0.4) is 0 Å². The average molecular weight is 361 g/mol. The number of benzene rings is 2. The fraction of sp³-hybridized carbons (Fsp3) is 0.238. The van der Waals surface area contributed by atoms with Crippen molar-refractivity contribution in [2.24, 2.45) is 0 Å². The van der Waals surface area contributed by atoms with Gasteiger partial charge in [0.2, 0.25) is 0 Å². The fourth-order valence-corrected chi connectivity index (χ4v) is 3.27. The Hall–Kier alpha value is -3.28. The topological polar surface area (TPSA) is 53.4 Å². The van der Waals surface area contributed by atoms with Gasteiger partial charge in [0.05, 0.1) is 11.9 Å². The van der Waals surface area contributed by atoms with Gasteiger partial charge in [0, 0.05) is 50.2 Å². The van der Waals surface area contributed by atoms with E-state index in [9.17, 15) is 4.79 Å². The quantitative estimate of drug-likeness (QED) is 0.777. The van der Waals surface area contributed by atoms with Crippen LogP contribution in [0.15, 0.2) is 73.1 Å². The summed E-state index contributed by atoms with van der Waals surface area (Å²) in [5.41, 5.74) is 3.20. The maximum Gasteiger partial charge on any atom is 0.317 e. The highest BCUT2D eigenvalue weighted by molar-refractivity contribution is 5.74. The van der Waals surface area contributed by atoms with Gasteiger partial charge >= 0.3 is 6.03 Å². The van der Waals surface area contributed by atoms with Crippen LogP contribution < -0.4 is 10.2 Å². The second-order valence-electron chi connectivity index (χ2n) is 6.60. The number of para-hydroxylation sites is 2. The van der Waals surface area contributed by atoms with Crippen molar-refractivity contribution in [3.8, 4) is 5.69 Å². The van der Waals surface area contributed by atoms with Gasteiger partial charge in [-0.05, 0) is 24.3 Å². The predicted octanol–water partition coefficient (Wildman–Crippen LogP) is 2.90. The molecule has 138 valence electrons. The van der Waals surface area contributed by atoms with Gasteiger partial charge in [-0.15, -0.1) is 0 Å². The Morgan fingerprint density at radius 3 is 2.19 bits per heavy atom. The summed E-state index contributed by atoms with van der Waals surface area (Å²) < 4.78 is 1.82. The summed E-state index contributed by atoms with van der Waals surface area (Å²) in [4.78, 5) is 16.6. The highest BCUT2D eigenvalue weighted by Gasteiger charge is 2.21. The standard InChI is InChI=1S/C21H23N5O/c27-21(25-13-11-24(12-14-25)19-7-3-1-4-8-19)22-15-18-16-23-26(17-18)20-9-5-2-6-10-20/h1-10,16-17H,11-15H2,(H,22,27). The van der Waals surface area contributed by atoms with E-state index < -0.39 is 0 Å². The summed E-state index contributed by atoms with van der Waals surface area (Å²) >= 11 is 0. The van der Waals surface area contributed by atoms with Crippen LogP contribution in [0.25, 0.3) is 5.69 Å². The highest BCUT2D eigenvalue weighted by atomic mass is 16.2. The van der Waals surface area contributed by atoms with Crippen molar-refractivity contribution in [1.82, 2.24) is 20.0 Å². The fourth-order valence-electron chi connectivity index (χ4n) is 3.27. The molecular weight excluding hydrogens is 338 g/mol. The van der Waals surface area contributed by atoms with Gasteiger partial charge in [-0.2, -0.15) is 5.10 Å². The summed E-state index contributed by atoms with van der Waals surface area (Å²) in [6.07, 6.45) is 3.74. The van der Waals surface area contributed by atoms with E-state index >= 15 is 0 Å². The first-order valence-corrected chi connectivity index (χ1v) is 9.21. The Kier molecular flexibility index (Phi) is 5.05. The third-order valence-electron chi connectivity index (χ3n) is 4.79. The molecular formula is C21H23N5O. The van der Waals surface area contributed by atoms with E-state index in [4.69, 9.17) is 0 Å². The number of nitrogens with one attached hydrogen (secondary N) is 1. The van der Waals surface area contributed by atoms with E-state index in [-0.39, 0.29) is 6.03 Å². The minimum Gasteiger partial charge on any atom is -0.368 e. The van der Waals surface area contributed by atoms with Gasteiger partial charge < -0.3 is 15.1 Å². The van der Waals surface area contributed by atoms with Gasteiger partial charge in [0.25, 0.3) is 0 Å². The van der Waals surface area contributed by atoms with Crippen LogP contribution in [-0.2, 0) is 6.54 Å². The molecule has 4 rings (SSSR count). The van der Waals surface area contributed by atoms with Crippen molar-refractivity contribution < 1.29 is 4.79 Å². The molecule has 1 N–H and O–H groups in total. The van der Waals surface area contributed by atoms with Crippen LogP contribution in [0, 0.1) is 0 Å². The molecule has 27 heavy (non-hydrogen) atoms. The lowest BCUT2D eigenvalue weighted by Crippen LogP contribution is -2.51. The summed E-state index contributed by atoms with van der Waals surface area (Å²) in [5.74, 6) is 0. The second-order valence-corrected chi connectivity index (χ2v) is 6.60. The monoisotopic (exact) mass is 361 g/mol. The number of hydrogen-bond donors (Lipinski definition) is 1. The van der Waals surface area contributed by atoms with Crippen molar-refractivity contribution in [2.75, 3.05) is 31.1 Å². The molecule has 0 saturated carbocycles. The van der Waals surface area contributed by atoms with E-state index in [2.05, 4.69) is 27.4 Å². The number of amides is 2. The second kappa shape index (κ2) is 7.95. The van der Waals surface area contributed by atoms with Crippen LogP contribution in [0.5, 0.6) is 0 Å². The first kappa shape index (κ1) is 17.1. The molecule has 3 aromatic rings. The van der Waals surface area contributed by atoms with Crippen molar-refractivity contribution in [3.05, 3.63) is 78.6 Å². The number of carbonyl (C=O) groups excluding carboxylic acids is 1. The number of aromatic nitrogens is 2. The lowest BCUT2D eigenvalue weighted by atomic mass is 10.2. The molecule has 0 bridgehead atoms. The normalized spacial score (nSPS) is 14.2. The number of piperazine rings is 1. The summed E-state index contributed by atoms with van der Waals surface area (Å²) in [7, 11) is 0. The number of anilines is 1. The SMILES string of the molecule is O=C(NCc1cnn(-c2ccccc2)c1)N1CCN(c2ccccc2)CC1. The molecule has 0 atom stereocenters. The lowest BCUT2D eigenvalue weighted by Gasteiger charge is -2.36. The highest BCUT2D eigenvalue weighted by Crippen LogP contribution is 2.15. The molecule has 0 unspecified atom stereocenters. The minimum absolute atomic E-state index is 0.0184. The van der Waals surface area contributed by atoms with Gasteiger partial charge in [0.15, 0.2) is 0 Å². The van der Waals surface area contributed by atoms with E-state index in [0.29, 0.717) is 6.54 Å². The molecule has 2 amide bonds. The average Bonchev–Trinajstić information content (AvgIpc) is 3.22. The van der Waals surface area contributed by atoms with Crippen LogP contribution in [0.1, 0.15) is 5.56 Å². The molecule has 0 spiro atoms. The zero-order valence-electron chi connectivity index (χ0n) is 15.2. The van der Waals surface area contributed by atoms with Crippen LogP contribution in [0.4, 0.5) is 10.5 Å². The maximum atomic E-state index is 12.5. The summed E-state index contributed by atoms with van der Waals surface area (Å²) in [6, 6.07) is 20.3. The molecule has 2 heterocycles. The molecule has 1 fully saturated rings. The van der Waals surface area contributed by atoms with Crippen LogP contribution in [-0.4, -0.2) is 46.9 Å². The van der Waals surface area contributed by atoms with Gasteiger partial charge in [0.1, 0.15) is 0 Å². The lowest BCUT2D eigenvalue weighted by molar-refractivity contribution is 0.194. The van der Waals surface area contributed by atoms with Gasteiger partial charge in [-0.25, -0.2) is 9.48 Å². The number of nitrogens with zero attached hydrogens (tertiary/aromatic N) is 4. The molecule has 0 aliphatic carbocycles. The Bertz CT molecular complexity index is 870. The van der Waals surface area contributed by atoms with Gasteiger partial charge in [-0.1, -0.05) is 36.4 Å². The zero-order chi connectivity index (χ0) is 18.5. The Morgan fingerprint density at radius 2 is 1.52 bits per heavy atom. The molecule has 1 saturated heterocycles. The van der Waals surface area contributed by atoms with E-state index in [1.807, 2.05) is 64.3 Å². The van der Waals surface area contributed by atoms with E-state index in [0.717, 1.165) is 37.4 Å². The smallest absolute Gasteiger partial charge is 0.317 e. The predicted molar refractivity (Wildman–Crippen MR) is 106 cm³/mol. The first-order chi connectivity index (χ1) is 13.3. The Morgan fingerprint density at radius 1 is 0.889 bits per heavy atom. The molecule has 1 aromatic heterocycles. The van der Waals surface area contributed by atoms with Crippen molar-refractivity contribution in [2.45, 2.75) is 6.54 Å². The molecule has 1 aliphatic heterocycles. The minimum atomic E-state index is -0.0184. The van der Waals surface area contributed by atoms with Crippen LogP contribution >= 0.6 is 0 Å². The number of urea groups is 1. The maximum absolute atomic E-state index is 12.5. The number of carbonyl (C=O) groups is 1. The largest absolute Gasteiger partial charge is 0.368 e. The van der Waals surface area contributed by atoms with Crippen molar-refractivity contribution in [3.63, 3.8) is 0 Å². The van der Waals surface area contributed by atoms with Crippen LogP contribution in [0.2, 0.25) is 0 Å². The first-order valence-electron chi connectivity index (χ1n) is 9.21. The summed E-state index contributed by atoms with van der Waals surface area (Å²) in [6.45, 7) is 3.63. The molecule has 1 aliphatic rings. The molecule has 6 heteroatoms. The third-order valence-corrected chi connectivity index (χ3v) is 4.79. The van der Waals surface area contributed by atoms with Crippen molar-refractivity contribution >= 4 is 11.7 Å². The molecule has 0 radical (unpaired) electrons. The van der Waals surface area contributed by atoms with Crippen molar-refractivity contribution in [1.29, 1.82) is 0 Å². The number of hydrogen-bond acceptors (Lipinski definition) is 3. The third kappa shape index (κ3) is 4.11. The van der Waals surface area contributed by atoms with E-state index in [1.54, 1.807) is 6.20 Å². The van der Waals surface area contributed by atoms with E-state index in [1.165, 1.54) is 5.69 Å². The Labute approximate surface area is 159 Å². The molecule has 2 aromatic carbocycles. The van der Waals surface area contributed by atoms with Gasteiger partial charge in [-0.3, -0.25) is 0 Å². The zero-order valence-corrected chi connectivity index (χ0v) is 15.2. The Balaban J connectivity index is 1.27. The summed E-state index contributed by atoms with van der Waals surface area (Å²) in [5, 5.41) is 7.37.